The summed E-state index contributed by atoms with van der Waals surface area (Å²) in [5.74, 6) is 1.25. The van der Waals surface area contributed by atoms with Gasteiger partial charge in [-0.15, -0.1) is 0 Å². The van der Waals surface area contributed by atoms with Crippen LogP contribution in [0.5, 0.6) is 0 Å². The molecule has 0 aliphatic carbocycles. The van der Waals surface area contributed by atoms with E-state index in [-0.39, 0.29) is 0 Å². The molecule has 0 amide bonds. The van der Waals surface area contributed by atoms with Gasteiger partial charge in [-0.3, -0.25) is 0 Å². The van der Waals surface area contributed by atoms with Crippen LogP contribution in [0.3, 0.4) is 0 Å². The molecule has 0 atom stereocenters. The molecule has 0 spiro atoms. The minimum atomic E-state index is 0.347. The third-order valence-corrected chi connectivity index (χ3v) is 1.84. The van der Waals surface area contributed by atoms with Crippen LogP contribution in [0, 0.1) is 0 Å². The molecule has 0 saturated heterocycles. The van der Waals surface area contributed by atoms with Gasteiger partial charge in [-0.1, -0.05) is 37.7 Å². The second kappa shape index (κ2) is 4.08. The van der Waals surface area contributed by atoms with E-state index in [1.165, 1.54) is 0 Å². The number of aromatic nitrogens is 1. The summed E-state index contributed by atoms with van der Waals surface area (Å²) >= 11 is 0. The third-order valence-electron chi connectivity index (χ3n) is 1.84. The van der Waals surface area contributed by atoms with E-state index < -0.39 is 0 Å². The van der Waals surface area contributed by atoms with E-state index in [0.29, 0.717) is 5.92 Å². The first-order valence-electron chi connectivity index (χ1n) is 4.45. The van der Waals surface area contributed by atoms with E-state index in [2.05, 4.69) is 25.6 Å². The van der Waals surface area contributed by atoms with Crippen molar-refractivity contribution in [2.45, 2.75) is 26.7 Å². The highest BCUT2D eigenvalue weighted by atomic mass is 16.5. The van der Waals surface area contributed by atoms with Crippen molar-refractivity contribution in [3.05, 3.63) is 29.7 Å². The first-order valence-corrected chi connectivity index (χ1v) is 4.45. The maximum absolute atomic E-state index is 5.23. The molecule has 0 N–H and O–H groups in total. The molecule has 1 aromatic rings. The van der Waals surface area contributed by atoms with Crippen molar-refractivity contribution < 1.29 is 4.52 Å². The normalized spacial score (nSPS) is 11.4. The Bertz CT molecular complexity index is 321. The molecule has 13 heavy (non-hydrogen) atoms. The van der Waals surface area contributed by atoms with Crippen molar-refractivity contribution in [2.75, 3.05) is 0 Å². The van der Waals surface area contributed by atoms with Crippen LogP contribution in [0.25, 0.3) is 12.2 Å². The average molecular weight is 177 g/mol. The van der Waals surface area contributed by atoms with Crippen LogP contribution in [0.2, 0.25) is 0 Å². The number of rotatable bonds is 3. The van der Waals surface area contributed by atoms with Gasteiger partial charge in [0.15, 0.2) is 0 Å². The Balaban J connectivity index is 3.17. The SMILES string of the molecule is C=Cc1c(/C=C\C)noc1C(C)C. The number of hydrogen-bond donors (Lipinski definition) is 0. The Morgan fingerprint density at radius 2 is 2.15 bits per heavy atom. The molecule has 1 aromatic heterocycles. The third kappa shape index (κ3) is 1.89. The number of nitrogens with zero attached hydrogens (tertiary/aromatic N) is 1. The van der Waals surface area contributed by atoms with Crippen LogP contribution < -0.4 is 0 Å². The topological polar surface area (TPSA) is 26.0 Å². The van der Waals surface area contributed by atoms with Crippen LogP contribution in [0.15, 0.2) is 17.2 Å². The van der Waals surface area contributed by atoms with Gasteiger partial charge in [-0.05, 0) is 13.0 Å². The van der Waals surface area contributed by atoms with Gasteiger partial charge in [0.1, 0.15) is 11.5 Å². The monoisotopic (exact) mass is 177 g/mol. The van der Waals surface area contributed by atoms with E-state index in [9.17, 15) is 0 Å². The van der Waals surface area contributed by atoms with E-state index in [0.717, 1.165) is 17.0 Å². The molecule has 2 nitrogen and oxygen atoms in total. The molecule has 0 aliphatic heterocycles. The van der Waals surface area contributed by atoms with Crippen molar-refractivity contribution in [2.24, 2.45) is 0 Å². The zero-order valence-corrected chi connectivity index (χ0v) is 8.37. The van der Waals surface area contributed by atoms with E-state index in [1.54, 1.807) is 6.08 Å². The summed E-state index contributed by atoms with van der Waals surface area (Å²) in [5.41, 5.74) is 1.87. The summed E-state index contributed by atoms with van der Waals surface area (Å²) in [4.78, 5) is 0. The molecule has 0 fully saturated rings. The van der Waals surface area contributed by atoms with E-state index in [1.807, 2.05) is 19.1 Å². The molecule has 0 aliphatic rings. The van der Waals surface area contributed by atoms with E-state index in [4.69, 9.17) is 4.52 Å². The van der Waals surface area contributed by atoms with Crippen molar-refractivity contribution in [3.63, 3.8) is 0 Å². The Hall–Kier alpha value is -1.31. The predicted octanol–water partition coefficient (Wildman–Crippen LogP) is 3.47. The summed E-state index contributed by atoms with van der Waals surface area (Å²) in [5, 5.41) is 3.96. The molecule has 70 valence electrons. The zero-order chi connectivity index (χ0) is 9.84. The van der Waals surface area contributed by atoms with Crippen LogP contribution in [-0.2, 0) is 0 Å². The van der Waals surface area contributed by atoms with Gasteiger partial charge < -0.3 is 4.52 Å². The lowest BCUT2D eigenvalue weighted by Crippen LogP contribution is -1.87. The summed E-state index contributed by atoms with van der Waals surface area (Å²) in [7, 11) is 0. The van der Waals surface area contributed by atoms with Crippen LogP contribution in [0.4, 0.5) is 0 Å². The molecular weight excluding hydrogens is 162 g/mol. The fourth-order valence-corrected chi connectivity index (χ4v) is 1.22. The van der Waals surface area contributed by atoms with Crippen LogP contribution in [0.1, 0.15) is 43.7 Å². The smallest absolute Gasteiger partial charge is 0.147 e. The fourth-order valence-electron chi connectivity index (χ4n) is 1.22. The molecule has 0 unspecified atom stereocenters. The highest BCUT2D eigenvalue weighted by Crippen LogP contribution is 2.24. The van der Waals surface area contributed by atoms with Crippen molar-refractivity contribution in [1.82, 2.24) is 5.16 Å². The first kappa shape index (κ1) is 9.78. The number of allylic oxidation sites excluding steroid dienone is 1. The second-order valence-corrected chi connectivity index (χ2v) is 3.20. The summed E-state index contributed by atoms with van der Waals surface area (Å²) in [6.45, 7) is 9.86. The molecular formula is C11H15NO. The van der Waals surface area contributed by atoms with Gasteiger partial charge in [0.05, 0.1) is 0 Å². The zero-order valence-electron chi connectivity index (χ0n) is 8.37. The highest BCUT2D eigenvalue weighted by molar-refractivity contribution is 5.62. The molecule has 2 heteroatoms. The Kier molecular flexibility index (Phi) is 3.07. The van der Waals surface area contributed by atoms with Crippen molar-refractivity contribution in [1.29, 1.82) is 0 Å². The summed E-state index contributed by atoms with van der Waals surface area (Å²) < 4.78 is 5.23. The van der Waals surface area contributed by atoms with Gasteiger partial charge >= 0.3 is 0 Å². The lowest BCUT2D eigenvalue weighted by molar-refractivity contribution is 0.370. The largest absolute Gasteiger partial charge is 0.360 e. The number of hydrogen-bond acceptors (Lipinski definition) is 2. The minimum absolute atomic E-state index is 0.347. The molecule has 1 heterocycles. The lowest BCUT2D eigenvalue weighted by atomic mass is 10.0. The maximum atomic E-state index is 5.23. The Morgan fingerprint density at radius 3 is 2.62 bits per heavy atom. The summed E-state index contributed by atoms with van der Waals surface area (Å²) in [6.07, 6.45) is 5.66. The summed E-state index contributed by atoms with van der Waals surface area (Å²) in [6, 6.07) is 0. The van der Waals surface area contributed by atoms with Crippen molar-refractivity contribution >= 4 is 12.2 Å². The fraction of sp³-hybridized carbons (Fsp3) is 0.364. The Labute approximate surface area is 78.9 Å². The van der Waals surface area contributed by atoms with Gasteiger partial charge in [0.25, 0.3) is 0 Å². The van der Waals surface area contributed by atoms with Gasteiger partial charge in [-0.25, -0.2) is 0 Å². The van der Waals surface area contributed by atoms with E-state index >= 15 is 0 Å². The Morgan fingerprint density at radius 1 is 1.46 bits per heavy atom. The van der Waals surface area contributed by atoms with Gasteiger partial charge in [-0.2, -0.15) is 0 Å². The molecule has 1 rings (SSSR count). The molecule has 0 saturated carbocycles. The van der Waals surface area contributed by atoms with Gasteiger partial charge in [0.2, 0.25) is 0 Å². The standard InChI is InChI=1S/C11H15NO/c1-5-7-10-9(6-2)11(8(3)4)13-12-10/h5-8H,2H2,1,3-4H3/b7-5-. The van der Waals surface area contributed by atoms with Crippen LogP contribution >= 0.6 is 0 Å². The van der Waals surface area contributed by atoms with Gasteiger partial charge in [0, 0.05) is 11.5 Å². The maximum Gasteiger partial charge on any atom is 0.147 e. The quantitative estimate of drug-likeness (QED) is 0.706. The first-order chi connectivity index (χ1) is 6.20. The molecule has 0 radical (unpaired) electrons. The predicted molar refractivity (Wildman–Crippen MR) is 55.4 cm³/mol. The molecule has 0 aromatic carbocycles. The highest BCUT2D eigenvalue weighted by Gasteiger charge is 2.13. The lowest BCUT2D eigenvalue weighted by Gasteiger charge is -1.98. The molecule has 0 bridgehead atoms. The second-order valence-electron chi connectivity index (χ2n) is 3.20. The van der Waals surface area contributed by atoms with Crippen LogP contribution in [-0.4, -0.2) is 5.16 Å². The van der Waals surface area contributed by atoms with Crippen molar-refractivity contribution in [3.8, 4) is 0 Å². The average Bonchev–Trinajstić information content (AvgIpc) is 2.48. The minimum Gasteiger partial charge on any atom is -0.360 e.